The molecule has 0 heterocycles. The molecule has 2 atom stereocenters. The minimum atomic E-state index is -1.62. The number of carbonyl (C=O) groups is 3. The first kappa shape index (κ1) is 98.0. The van der Waals surface area contributed by atoms with E-state index in [1.165, 1.54) is 366 Å². The predicted octanol–water partition coefficient (Wildman–Crippen LogP) is 27.6. The number of unbranched alkanes of at least 4 members (excludes halogenated alkanes) is 59. The maximum atomic E-state index is 13.0. The molecule has 0 aromatic carbocycles. The Balaban J connectivity index is 3.91. The first-order chi connectivity index (χ1) is 49.6. The van der Waals surface area contributed by atoms with Gasteiger partial charge < -0.3 is 33.3 Å². The van der Waals surface area contributed by atoms with Crippen molar-refractivity contribution in [1.82, 2.24) is 0 Å². The van der Waals surface area contributed by atoms with Crippen molar-refractivity contribution in [2.45, 2.75) is 463 Å². The smallest absolute Gasteiger partial charge is 0.306 e. The minimum Gasteiger partial charge on any atom is -0.545 e. The zero-order valence-corrected chi connectivity index (χ0v) is 68.1. The van der Waals surface area contributed by atoms with Crippen molar-refractivity contribution in [3.05, 3.63) is 60.8 Å². The van der Waals surface area contributed by atoms with Gasteiger partial charge >= 0.3 is 11.9 Å². The van der Waals surface area contributed by atoms with E-state index in [-0.39, 0.29) is 32.2 Å². The number of hydrogen-bond acceptors (Lipinski definition) is 8. The summed E-state index contributed by atoms with van der Waals surface area (Å²) in [7, 11) is 5.96. The van der Waals surface area contributed by atoms with E-state index in [0.29, 0.717) is 17.4 Å². The van der Waals surface area contributed by atoms with Gasteiger partial charge in [-0.15, -0.1) is 0 Å². The van der Waals surface area contributed by atoms with E-state index >= 15 is 0 Å². The van der Waals surface area contributed by atoms with E-state index in [2.05, 4.69) is 74.6 Å². The predicted molar refractivity (Wildman–Crippen MR) is 435 cm³/mol. The quantitative estimate of drug-likeness (QED) is 0.0195. The molecule has 592 valence electrons. The summed E-state index contributed by atoms with van der Waals surface area (Å²) in [6, 6.07) is 0. The zero-order chi connectivity index (χ0) is 73.2. The van der Waals surface area contributed by atoms with Crippen LogP contribution in [-0.4, -0.2) is 82.3 Å². The highest BCUT2D eigenvalue weighted by Gasteiger charge is 2.22. The monoisotopic (exact) mass is 1420 g/mol. The van der Waals surface area contributed by atoms with Gasteiger partial charge in [-0.25, -0.2) is 0 Å². The number of esters is 2. The standard InChI is InChI=1S/C92H171NO8/c1-6-8-10-12-14-16-18-20-22-24-26-28-30-32-34-36-38-40-42-44-45-47-48-50-52-54-56-58-60-62-64-66-68-70-72-74-76-78-80-82-89(94)99-86-88(87-100-92(91(96)97)98-85-84-93(3,4)5)101-90(95)83-81-79-77-75-73-71-69-67-65-63-61-59-57-55-53-51-49-46-43-41-39-37-35-33-31-29-27-25-23-21-19-17-15-13-11-9-7-2/h18-21,24-27,31,33,88,92H,6-17,22-23,28-30,32,34-87H2,1-5H3/b20-18-,21-19-,26-24-,27-25-,33-31-. The van der Waals surface area contributed by atoms with Gasteiger partial charge in [0, 0.05) is 12.8 Å². The van der Waals surface area contributed by atoms with E-state index in [4.69, 9.17) is 18.9 Å². The third-order valence-electron chi connectivity index (χ3n) is 20.2. The third kappa shape index (κ3) is 84.1. The summed E-state index contributed by atoms with van der Waals surface area (Å²) in [5, 5.41) is 11.9. The van der Waals surface area contributed by atoms with Crippen molar-refractivity contribution in [2.24, 2.45) is 0 Å². The van der Waals surface area contributed by atoms with Gasteiger partial charge in [-0.1, -0.05) is 415 Å². The molecule has 0 saturated carbocycles. The number of allylic oxidation sites excluding steroid dienone is 10. The Labute approximate surface area is 628 Å². The number of carboxylic acid groups (broad SMARTS) is 1. The molecule has 0 aromatic rings. The number of rotatable bonds is 84. The number of carbonyl (C=O) groups excluding carboxylic acids is 3. The normalized spacial score (nSPS) is 12.8. The average Bonchev–Trinajstić information content (AvgIpc) is 1.25. The second-order valence-corrected chi connectivity index (χ2v) is 31.5. The van der Waals surface area contributed by atoms with Crippen molar-refractivity contribution >= 4 is 17.9 Å². The molecule has 0 fully saturated rings. The topological polar surface area (TPSA) is 111 Å². The summed E-state index contributed by atoms with van der Waals surface area (Å²) in [4.78, 5) is 37.7. The van der Waals surface area contributed by atoms with Crippen LogP contribution in [0.5, 0.6) is 0 Å². The minimum absolute atomic E-state index is 0.150. The Morgan fingerprint density at radius 1 is 0.297 bits per heavy atom. The summed E-state index contributed by atoms with van der Waals surface area (Å²) in [6.45, 7) is 4.80. The lowest BCUT2D eigenvalue weighted by molar-refractivity contribution is -0.870. The highest BCUT2D eigenvalue weighted by molar-refractivity contribution is 5.70. The van der Waals surface area contributed by atoms with Crippen LogP contribution in [-0.2, 0) is 33.3 Å². The van der Waals surface area contributed by atoms with Crippen LogP contribution in [0.3, 0.4) is 0 Å². The zero-order valence-electron chi connectivity index (χ0n) is 68.1. The van der Waals surface area contributed by atoms with Gasteiger partial charge in [0.25, 0.3) is 0 Å². The Morgan fingerprint density at radius 2 is 0.535 bits per heavy atom. The molecule has 0 rings (SSSR count). The molecule has 0 radical (unpaired) electrons. The number of likely N-dealkylation sites (N-methyl/N-ethyl adjacent to an activating group) is 1. The van der Waals surface area contributed by atoms with Crippen LogP contribution in [0, 0.1) is 0 Å². The maximum Gasteiger partial charge on any atom is 0.306 e. The van der Waals surface area contributed by atoms with Crippen LogP contribution >= 0.6 is 0 Å². The van der Waals surface area contributed by atoms with Crippen molar-refractivity contribution in [3.63, 3.8) is 0 Å². The first-order valence-electron chi connectivity index (χ1n) is 44.4. The molecule has 2 unspecified atom stereocenters. The van der Waals surface area contributed by atoms with Crippen LogP contribution in [0.4, 0.5) is 0 Å². The number of hydrogen-bond donors (Lipinski definition) is 0. The number of ether oxygens (including phenoxy) is 4. The fraction of sp³-hybridized carbons (Fsp3) is 0.859. The Morgan fingerprint density at radius 3 is 0.792 bits per heavy atom. The molecule has 0 bridgehead atoms. The van der Waals surface area contributed by atoms with E-state index in [0.717, 1.165) is 57.8 Å². The summed E-state index contributed by atoms with van der Waals surface area (Å²) >= 11 is 0. The molecule has 101 heavy (non-hydrogen) atoms. The highest BCUT2D eigenvalue weighted by atomic mass is 16.7. The summed E-state index contributed by atoms with van der Waals surface area (Å²) in [5.74, 6) is -2.25. The lowest BCUT2D eigenvalue weighted by Gasteiger charge is -2.26. The molecular weight excluding hydrogens is 1250 g/mol. The van der Waals surface area contributed by atoms with Crippen molar-refractivity contribution in [1.29, 1.82) is 0 Å². The van der Waals surface area contributed by atoms with Gasteiger partial charge in [-0.05, 0) is 83.5 Å². The van der Waals surface area contributed by atoms with E-state index in [1.54, 1.807) is 0 Å². The van der Waals surface area contributed by atoms with Crippen molar-refractivity contribution < 1.29 is 42.9 Å². The van der Waals surface area contributed by atoms with Crippen molar-refractivity contribution in [3.8, 4) is 0 Å². The molecule has 0 aliphatic heterocycles. The molecule has 0 N–H and O–H groups in total. The molecule has 0 aliphatic rings. The van der Waals surface area contributed by atoms with Gasteiger partial charge in [0.2, 0.25) is 0 Å². The summed E-state index contributed by atoms with van der Waals surface area (Å²) in [5.41, 5.74) is 0. The van der Waals surface area contributed by atoms with Crippen LogP contribution < -0.4 is 5.11 Å². The fourth-order valence-corrected chi connectivity index (χ4v) is 13.5. The molecule has 0 aromatic heterocycles. The number of nitrogens with zero attached hydrogens (tertiary/aromatic N) is 1. The second-order valence-electron chi connectivity index (χ2n) is 31.5. The Hall–Kier alpha value is -3.01. The van der Waals surface area contributed by atoms with E-state index in [9.17, 15) is 19.5 Å². The molecule has 9 heteroatoms. The third-order valence-corrected chi connectivity index (χ3v) is 20.2. The molecule has 0 amide bonds. The Bertz CT molecular complexity index is 1850. The van der Waals surface area contributed by atoms with Gasteiger partial charge in [0.1, 0.15) is 13.2 Å². The van der Waals surface area contributed by atoms with Gasteiger partial charge in [-0.3, -0.25) is 9.59 Å². The summed E-state index contributed by atoms with van der Waals surface area (Å²) in [6.07, 6.45) is 108. The summed E-state index contributed by atoms with van der Waals surface area (Å²) < 4.78 is 22.9. The number of aliphatic carboxylic acids is 1. The van der Waals surface area contributed by atoms with Crippen LogP contribution in [0.1, 0.15) is 450 Å². The van der Waals surface area contributed by atoms with Crippen LogP contribution in [0.25, 0.3) is 0 Å². The van der Waals surface area contributed by atoms with Gasteiger partial charge in [0.15, 0.2) is 12.4 Å². The lowest BCUT2D eigenvalue weighted by Crippen LogP contribution is -2.44. The average molecular weight is 1420 g/mol. The highest BCUT2D eigenvalue weighted by Crippen LogP contribution is 2.20. The van der Waals surface area contributed by atoms with Gasteiger partial charge in [0.05, 0.1) is 40.3 Å². The molecule has 0 saturated heterocycles. The first-order valence-corrected chi connectivity index (χ1v) is 44.4. The van der Waals surface area contributed by atoms with Crippen LogP contribution in [0.2, 0.25) is 0 Å². The number of quaternary nitrogens is 1. The lowest BCUT2D eigenvalue weighted by atomic mass is 10.0. The molecular formula is C92H171NO8. The van der Waals surface area contributed by atoms with E-state index in [1.807, 2.05) is 21.1 Å². The van der Waals surface area contributed by atoms with Crippen molar-refractivity contribution in [2.75, 3.05) is 47.5 Å². The SMILES string of the molecule is CCCCCCC/C=C\C/C=C\C/C=C\CCCCCCCCCCCCCCCCCCCCCCCCC(=O)OC(COC(=O)CCCCCCCCCCCCCCCCCCCCCCCCCCCCC/C=C\C/C=C\CCCCCCC)COC(OCC[N+](C)(C)C)C(=O)[O-]. The second kappa shape index (κ2) is 82.6. The largest absolute Gasteiger partial charge is 0.545 e. The van der Waals surface area contributed by atoms with Crippen LogP contribution in [0.15, 0.2) is 60.8 Å². The van der Waals surface area contributed by atoms with Gasteiger partial charge in [-0.2, -0.15) is 0 Å². The fourth-order valence-electron chi connectivity index (χ4n) is 13.5. The maximum absolute atomic E-state index is 13.0. The Kier molecular flexibility index (Phi) is 80.2. The molecule has 9 nitrogen and oxygen atoms in total. The molecule has 0 spiro atoms. The number of carboxylic acids is 1. The molecule has 0 aliphatic carbocycles. The van der Waals surface area contributed by atoms with E-state index < -0.39 is 24.3 Å².